The van der Waals surface area contributed by atoms with Gasteiger partial charge in [0.25, 0.3) is 0 Å². The van der Waals surface area contributed by atoms with Gasteiger partial charge in [-0.1, -0.05) is 182 Å². The van der Waals surface area contributed by atoms with Crippen LogP contribution in [-0.4, -0.2) is 15.0 Å². The molecule has 1 spiro atoms. The van der Waals surface area contributed by atoms with Gasteiger partial charge in [-0.3, -0.25) is 0 Å². The number of aromatic nitrogens is 3. The molecule has 0 amide bonds. The Morgan fingerprint density at radius 2 is 1.00 bits per heavy atom. The lowest BCUT2D eigenvalue weighted by Gasteiger charge is -2.40. The first-order valence-electron chi connectivity index (χ1n) is 22.0. The summed E-state index contributed by atoms with van der Waals surface area (Å²) in [7, 11) is 0. The summed E-state index contributed by atoms with van der Waals surface area (Å²) in [4.78, 5) is 18.4. The van der Waals surface area contributed by atoms with Crippen LogP contribution in [0.25, 0.3) is 99.9 Å². The van der Waals surface area contributed by atoms with Gasteiger partial charge in [0.05, 0.1) is 28.0 Å². The minimum Gasteiger partial charge on any atom is -0.456 e. The van der Waals surface area contributed by atoms with Crippen molar-refractivity contribution in [2.24, 2.45) is 0 Å². The third-order valence-corrected chi connectivity index (χ3v) is 14.7. The van der Waals surface area contributed by atoms with E-state index in [0.29, 0.717) is 5.82 Å². The Balaban J connectivity index is 0.957. The van der Waals surface area contributed by atoms with Crippen LogP contribution >= 0.6 is 11.8 Å². The van der Waals surface area contributed by atoms with Gasteiger partial charge in [-0.25, -0.2) is 15.0 Å². The summed E-state index contributed by atoms with van der Waals surface area (Å²) in [6.07, 6.45) is 0. The van der Waals surface area contributed by atoms with E-state index in [0.717, 1.165) is 77.6 Å². The van der Waals surface area contributed by atoms with Crippen molar-refractivity contribution in [3.05, 3.63) is 235 Å². The fourth-order valence-electron chi connectivity index (χ4n) is 10.8. The van der Waals surface area contributed by atoms with Crippen LogP contribution in [0.1, 0.15) is 22.3 Å². The van der Waals surface area contributed by atoms with E-state index in [1.165, 1.54) is 48.6 Å². The molecule has 0 fully saturated rings. The summed E-state index contributed by atoms with van der Waals surface area (Å²) < 4.78 is 6.30. The zero-order valence-corrected chi connectivity index (χ0v) is 35.7. The van der Waals surface area contributed by atoms with Crippen molar-refractivity contribution in [3.63, 3.8) is 0 Å². The largest absolute Gasteiger partial charge is 0.456 e. The number of para-hydroxylation sites is 2. The zero-order chi connectivity index (χ0) is 42.6. The number of fused-ring (bicyclic) bond motifs is 15. The van der Waals surface area contributed by atoms with Gasteiger partial charge >= 0.3 is 0 Å². The van der Waals surface area contributed by atoms with Gasteiger partial charge in [-0.05, 0) is 81.2 Å². The molecule has 0 saturated carbocycles. The van der Waals surface area contributed by atoms with Gasteiger partial charge < -0.3 is 4.42 Å². The molecular formula is C60H35N3OS. The van der Waals surface area contributed by atoms with Gasteiger partial charge in [0.2, 0.25) is 0 Å². The average Bonchev–Trinajstić information content (AvgIpc) is 3.90. The number of benzene rings is 9. The van der Waals surface area contributed by atoms with Crippen LogP contribution in [-0.2, 0) is 5.41 Å². The van der Waals surface area contributed by atoms with Crippen LogP contribution in [0.2, 0.25) is 0 Å². The first-order chi connectivity index (χ1) is 32.2. The summed E-state index contributed by atoms with van der Waals surface area (Å²) in [5.74, 6) is 0.670. The summed E-state index contributed by atoms with van der Waals surface area (Å²) in [6, 6.07) is 76.0. The molecule has 1 aliphatic carbocycles. The molecule has 3 aromatic heterocycles. The van der Waals surface area contributed by atoms with Crippen molar-refractivity contribution >= 4 is 55.4 Å². The monoisotopic (exact) mass is 845 g/mol. The maximum Gasteiger partial charge on any atom is 0.160 e. The highest BCUT2D eigenvalue weighted by Gasteiger charge is 2.50. The van der Waals surface area contributed by atoms with E-state index < -0.39 is 5.41 Å². The highest BCUT2D eigenvalue weighted by Crippen LogP contribution is 2.62. The Kier molecular flexibility index (Phi) is 7.80. The van der Waals surface area contributed by atoms with Crippen molar-refractivity contribution in [2.45, 2.75) is 15.2 Å². The quantitative estimate of drug-likeness (QED) is 0.165. The molecule has 0 unspecified atom stereocenters. The molecule has 0 radical (unpaired) electrons. The van der Waals surface area contributed by atoms with Crippen molar-refractivity contribution in [3.8, 4) is 56.3 Å². The lowest BCUT2D eigenvalue weighted by Crippen LogP contribution is -2.32. The Morgan fingerprint density at radius 1 is 0.369 bits per heavy atom. The third kappa shape index (κ3) is 5.30. The fraction of sp³-hybridized carbons (Fsp3) is 0.0167. The Bertz CT molecular complexity index is 3880. The Labute approximate surface area is 378 Å². The summed E-state index contributed by atoms with van der Waals surface area (Å²) in [6.45, 7) is 0. The molecular weight excluding hydrogens is 811 g/mol. The SMILES string of the molecule is c1ccc(-c2nc(-c3ccc(-c4nc5ccccc5c5cc6c(cc45)Sc4ccccc4C64c5ccccc5-c5ccccc54)cc3)cc(-c3cccc4oc5ccccc5c34)n2)cc1. The van der Waals surface area contributed by atoms with Crippen molar-refractivity contribution in [2.75, 3.05) is 0 Å². The van der Waals surface area contributed by atoms with Crippen LogP contribution in [0, 0.1) is 0 Å². The van der Waals surface area contributed by atoms with Crippen molar-refractivity contribution < 1.29 is 4.42 Å². The van der Waals surface area contributed by atoms with E-state index in [1.807, 2.05) is 54.2 Å². The van der Waals surface area contributed by atoms with E-state index in [1.54, 1.807) is 0 Å². The molecule has 14 rings (SSSR count). The molecule has 2 aliphatic rings. The number of hydrogen-bond acceptors (Lipinski definition) is 5. The first-order valence-corrected chi connectivity index (χ1v) is 22.8. The standard InChI is InChI=1S/C60H35N3OS/c1-2-15-38(16-3-1)59-62-51(35-52(63-59)42-21-14-27-54-57(42)43-20-7-12-26-53(43)64-54)36-29-31-37(32-30-36)58-45-34-56-49(33-44(45)41-19-6-11-25-50(41)61-58)60(48-24-10-13-28-55(48)65-56)46-22-8-4-17-39(46)40-18-5-9-23-47(40)60/h1-35H. The van der Waals surface area contributed by atoms with Crippen molar-refractivity contribution in [1.82, 2.24) is 15.0 Å². The van der Waals surface area contributed by atoms with Crippen LogP contribution in [0.4, 0.5) is 0 Å². The topological polar surface area (TPSA) is 51.8 Å². The van der Waals surface area contributed by atoms with E-state index in [-0.39, 0.29) is 0 Å². The lowest BCUT2D eigenvalue weighted by molar-refractivity contribution is 0.669. The first kappa shape index (κ1) is 36.4. The minimum absolute atomic E-state index is 0.462. The molecule has 0 atom stereocenters. The lowest BCUT2D eigenvalue weighted by atomic mass is 9.67. The third-order valence-electron chi connectivity index (χ3n) is 13.6. The molecule has 5 heteroatoms. The van der Waals surface area contributed by atoms with Crippen molar-refractivity contribution in [1.29, 1.82) is 0 Å². The minimum atomic E-state index is -0.462. The van der Waals surface area contributed by atoms with Gasteiger partial charge in [-0.2, -0.15) is 0 Å². The summed E-state index contributed by atoms with van der Waals surface area (Å²) >= 11 is 1.87. The van der Waals surface area contributed by atoms with E-state index in [4.69, 9.17) is 19.4 Å². The van der Waals surface area contributed by atoms with Gasteiger partial charge in [0.1, 0.15) is 11.2 Å². The molecule has 9 aromatic carbocycles. The number of furan rings is 1. The van der Waals surface area contributed by atoms with Gasteiger partial charge in [0.15, 0.2) is 5.82 Å². The highest BCUT2D eigenvalue weighted by atomic mass is 32.2. The second-order valence-electron chi connectivity index (χ2n) is 17.0. The van der Waals surface area contributed by atoms with Gasteiger partial charge in [-0.15, -0.1) is 0 Å². The average molecular weight is 846 g/mol. The highest BCUT2D eigenvalue weighted by molar-refractivity contribution is 7.99. The molecule has 65 heavy (non-hydrogen) atoms. The second kappa shape index (κ2) is 13.9. The second-order valence-corrected chi connectivity index (χ2v) is 18.1. The number of nitrogens with zero attached hydrogens (tertiary/aromatic N) is 3. The molecule has 4 nitrogen and oxygen atoms in total. The van der Waals surface area contributed by atoms with Gasteiger partial charge in [0, 0.05) is 53.6 Å². The Morgan fingerprint density at radius 3 is 1.82 bits per heavy atom. The maximum absolute atomic E-state index is 6.30. The number of rotatable bonds is 4. The van der Waals surface area contributed by atoms with E-state index in [9.17, 15) is 0 Å². The maximum atomic E-state index is 6.30. The fourth-order valence-corrected chi connectivity index (χ4v) is 12.0. The predicted octanol–water partition coefficient (Wildman–Crippen LogP) is 15.6. The van der Waals surface area contributed by atoms with Crippen LogP contribution in [0.3, 0.4) is 0 Å². The zero-order valence-electron chi connectivity index (χ0n) is 34.9. The number of pyridine rings is 1. The molecule has 302 valence electrons. The summed E-state index contributed by atoms with van der Waals surface area (Å²) in [5.41, 5.74) is 16.8. The van der Waals surface area contributed by atoms with E-state index in [2.05, 4.69) is 170 Å². The smallest absolute Gasteiger partial charge is 0.160 e. The Hall–Kier alpha value is -8.12. The van der Waals surface area contributed by atoms with E-state index >= 15 is 0 Å². The van der Waals surface area contributed by atoms with Crippen LogP contribution in [0.5, 0.6) is 0 Å². The predicted molar refractivity (Wildman–Crippen MR) is 265 cm³/mol. The molecule has 4 heterocycles. The molecule has 1 aliphatic heterocycles. The number of hydrogen-bond donors (Lipinski definition) is 0. The van der Waals surface area contributed by atoms with Crippen LogP contribution in [0.15, 0.2) is 227 Å². The molecule has 0 bridgehead atoms. The molecule has 0 N–H and O–H groups in total. The molecule has 12 aromatic rings. The normalized spacial score (nSPS) is 13.3. The van der Waals surface area contributed by atoms with Crippen LogP contribution < -0.4 is 0 Å². The summed E-state index contributed by atoms with van der Waals surface area (Å²) in [5, 5.41) is 5.59. The molecule has 0 saturated heterocycles.